The largest absolute Gasteiger partial charge is 0.433 e. The van der Waals surface area contributed by atoms with E-state index < -0.39 is 11.9 Å². The molecule has 2 N–H and O–H groups in total. The lowest BCUT2D eigenvalue weighted by Gasteiger charge is -2.36. The maximum absolute atomic E-state index is 12.7. The number of nitrogens with zero attached hydrogens (tertiary/aromatic N) is 3. The van der Waals surface area contributed by atoms with Crippen molar-refractivity contribution in [1.82, 2.24) is 9.97 Å². The first-order valence-electron chi connectivity index (χ1n) is 6.40. The highest BCUT2D eigenvalue weighted by molar-refractivity contribution is 5.45. The zero-order chi connectivity index (χ0) is 14.0. The minimum atomic E-state index is -4.50. The standard InChI is InChI=1S/C12H17F3N4/c1-2-8-5-3-4-6-19(8)10-7-9(12(13,14)15)17-11(16)18-10/h7-8H,2-6H2,1H3,(H2,16,17,18). The zero-order valence-electron chi connectivity index (χ0n) is 10.7. The zero-order valence-corrected chi connectivity index (χ0v) is 10.7. The number of nitrogens with two attached hydrogens (primary N) is 1. The molecule has 2 heterocycles. The highest BCUT2D eigenvalue weighted by Crippen LogP contribution is 2.32. The Hall–Kier alpha value is -1.53. The molecule has 1 unspecified atom stereocenters. The third-order valence-corrected chi connectivity index (χ3v) is 3.41. The van der Waals surface area contributed by atoms with Gasteiger partial charge in [0.25, 0.3) is 0 Å². The van der Waals surface area contributed by atoms with E-state index in [2.05, 4.69) is 9.97 Å². The van der Waals surface area contributed by atoms with Gasteiger partial charge in [0.2, 0.25) is 5.95 Å². The Morgan fingerprint density at radius 3 is 2.74 bits per heavy atom. The molecule has 106 valence electrons. The summed E-state index contributed by atoms with van der Waals surface area (Å²) in [4.78, 5) is 9.14. The average molecular weight is 274 g/mol. The van der Waals surface area contributed by atoms with Crippen LogP contribution in [0.5, 0.6) is 0 Å². The molecule has 0 aliphatic carbocycles. The summed E-state index contributed by atoms with van der Waals surface area (Å²) in [6.07, 6.45) is -0.584. The normalized spacial score (nSPS) is 20.6. The van der Waals surface area contributed by atoms with Gasteiger partial charge in [0.15, 0.2) is 5.69 Å². The number of rotatable bonds is 2. The van der Waals surface area contributed by atoms with Crippen molar-refractivity contribution >= 4 is 11.8 Å². The van der Waals surface area contributed by atoms with Gasteiger partial charge in [0.1, 0.15) is 5.82 Å². The highest BCUT2D eigenvalue weighted by atomic mass is 19.4. The van der Waals surface area contributed by atoms with Gasteiger partial charge in [-0.15, -0.1) is 0 Å². The van der Waals surface area contributed by atoms with E-state index in [-0.39, 0.29) is 17.8 Å². The molecule has 0 saturated carbocycles. The van der Waals surface area contributed by atoms with Gasteiger partial charge in [-0.1, -0.05) is 6.92 Å². The fraction of sp³-hybridized carbons (Fsp3) is 0.667. The molecule has 0 bridgehead atoms. The van der Waals surface area contributed by atoms with E-state index in [1.54, 1.807) is 0 Å². The smallest absolute Gasteiger partial charge is 0.368 e. The van der Waals surface area contributed by atoms with Gasteiger partial charge in [-0.3, -0.25) is 0 Å². The quantitative estimate of drug-likeness (QED) is 0.901. The molecule has 2 rings (SSSR count). The van der Waals surface area contributed by atoms with E-state index in [0.717, 1.165) is 31.7 Å². The summed E-state index contributed by atoms with van der Waals surface area (Å²) in [5.41, 5.74) is 4.42. The van der Waals surface area contributed by atoms with Crippen molar-refractivity contribution in [2.75, 3.05) is 17.2 Å². The van der Waals surface area contributed by atoms with Crippen molar-refractivity contribution in [3.63, 3.8) is 0 Å². The maximum Gasteiger partial charge on any atom is 0.433 e. The molecule has 0 radical (unpaired) electrons. The fourth-order valence-electron chi connectivity index (χ4n) is 2.47. The number of hydrogen-bond acceptors (Lipinski definition) is 4. The van der Waals surface area contributed by atoms with Crippen LogP contribution >= 0.6 is 0 Å². The molecule has 7 heteroatoms. The second-order valence-electron chi connectivity index (χ2n) is 4.72. The maximum atomic E-state index is 12.7. The third kappa shape index (κ3) is 3.08. The molecule has 0 amide bonds. The Balaban J connectivity index is 2.35. The van der Waals surface area contributed by atoms with Crippen LogP contribution in [0, 0.1) is 0 Å². The average Bonchev–Trinajstić information content (AvgIpc) is 2.37. The summed E-state index contributed by atoms with van der Waals surface area (Å²) in [6, 6.07) is 1.22. The molecule has 1 atom stereocenters. The summed E-state index contributed by atoms with van der Waals surface area (Å²) >= 11 is 0. The molecule has 4 nitrogen and oxygen atoms in total. The van der Waals surface area contributed by atoms with Crippen molar-refractivity contribution in [3.8, 4) is 0 Å². The topological polar surface area (TPSA) is 55.0 Å². The Morgan fingerprint density at radius 2 is 2.11 bits per heavy atom. The Labute approximate surface area is 109 Å². The lowest BCUT2D eigenvalue weighted by Crippen LogP contribution is -2.40. The van der Waals surface area contributed by atoms with Crippen LogP contribution in [0.3, 0.4) is 0 Å². The number of alkyl halides is 3. The van der Waals surface area contributed by atoms with E-state index in [0.29, 0.717) is 6.54 Å². The van der Waals surface area contributed by atoms with Gasteiger partial charge in [0, 0.05) is 18.7 Å². The minimum absolute atomic E-state index is 0.226. The van der Waals surface area contributed by atoms with Crippen LogP contribution in [0.25, 0.3) is 0 Å². The molecule has 1 aromatic heterocycles. The third-order valence-electron chi connectivity index (χ3n) is 3.41. The number of anilines is 2. The molecule has 0 spiro atoms. The Morgan fingerprint density at radius 1 is 1.37 bits per heavy atom. The second-order valence-corrected chi connectivity index (χ2v) is 4.72. The predicted molar refractivity (Wildman–Crippen MR) is 66.7 cm³/mol. The van der Waals surface area contributed by atoms with Crippen LogP contribution < -0.4 is 10.6 Å². The van der Waals surface area contributed by atoms with Crippen LogP contribution in [0.15, 0.2) is 6.07 Å². The van der Waals surface area contributed by atoms with E-state index >= 15 is 0 Å². The molecule has 1 saturated heterocycles. The summed E-state index contributed by atoms with van der Waals surface area (Å²) in [5, 5.41) is 0. The van der Waals surface area contributed by atoms with Crippen LogP contribution in [0.4, 0.5) is 24.9 Å². The van der Waals surface area contributed by atoms with E-state index in [1.165, 1.54) is 0 Å². The number of nitrogen functional groups attached to an aromatic ring is 1. The van der Waals surface area contributed by atoms with E-state index in [1.807, 2.05) is 11.8 Å². The van der Waals surface area contributed by atoms with Gasteiger partial charge in [-0.2, -0.15) is 18.2 Å². The number of piperidine rings is 1. The number of hydrogen-bond donors (Lipinski definition) is 1. The molecular weight excluding hydrogens is 257 g/mol. The first kappa shape index (κ1) is 13.9. The summed E-state index contributed by atoms with van der Waals surface area (Å²) in [7, 11) is 0. The van der Waals surface area contributed by atoms with Crippen molar-refractivity contribution < 1.29 is 13.2 Å². The van der Waals surface area contributed by atoms with Gasteiger partial charge < -0.3 is 10.6 Å². The summed E-state index contributed by atoms with van der Waals surface area (Å²) in [6.45, 7) is 2.74. The van der Waals surface area contributed by atoms with E-state index in [9.17, 15) is 13.2 Å². The molecule has 19 heavy (non-hydrogen) atoms. The van der Waals surface area contributed by atoms with Crippen LogP contribution in [0.1, 0.15) is 38.3 Å². The fourth-order valence-corrected chi connectivity index (χ4v) is 2.47. The number of aromatic nitrogens is 2. The first-order valence-corrected chi connectivity index (χ1v) is 6.40. The first-order chi connectivity index (χ1) is 8.91. The Kier molecular flexibility index (Phi) is 3.82. The van der Waals surface area contributed by atoms with Gasteiger partial charge in [-0.05, 0) is 25.7 Å². The molecule has 1 aliphatic heterocycles. The Bertz CT molecular complexity index is 447. The van der Waals surface area contributed by atoms with E-state index in [4.69, 9.17) is 5.73 Å². The molecular formula is C12H17F3N4. The highest BCUT2D eigenvalue weighted by Gasteiger charge is 2.34. The molecule has 1 aromatic rings. The van der Waals surface area contributed by atoms with Gasteiger partial charge in [-0.25, -0.2) is 4.98 Å². The summed E-state index contributed by atoms with van der Waals surface area (Å²) < 4.78 is 38.2. The SMILES string of the molecule is CCC1CCCCN1c1cc(C(F)(F)F)nc(N)n1. The van der Waals surface area contributed by atoms with Crippen LogP contribution in [-0.2, 0) is 6.18 Å². The predicted octanol–water partition coefficient (Wildman–Crippen LogP) is 2.85. The lowest BCUT2D eigenvalue weighted by atomic mass is 10.00. The minimum Gasteiger partial charge on any atom is -0.368 e. The monoisotopic (exact) mass is 274 g/mol. The lowest BCUT2D eigenvalue weighted by molar-refractivity contribution is -0.141. The second kappa shape index (κ2) is 5.22. The van der Waals surface area contributed by atoms with Crippen LogP contribution in [0.2, 0.25) is 0 Å². The molecule has 1 aliphatic rings. The van der Waals surface area contributed by atoms with Crippen molar-refractivity contribution in [1.29, 1.82) is 0 Å². The molecule has 1 fully saturated rings. The van der Waals surface area contributed by atoms with Gasteiger partial charge >= 0.3 is 6.18 Å². The number of halogens is 3. The van der Waals surface area contributed by atoms with Crippen molar-refractivity contribution in [3.05, 3.63) is 11.8 Å². The van der Waals surface area contributed by atoms with Crippen molar-refractivity contribution in [2.24, 2.45) is 0 Å². The van der Waals surface area contributed by atoms with Crippen LogP contribution in [-0.4, -0.2) is 22.6 Å². The molecule has 0 aromatic carbocycles. The summed E-state index contributed by atoms with van der Waals surface area (Å²) in [5.74, 6) is -0.0448. The van der Waals surface area contributed by atoms with Crippen molar-refractivity contribution in [2.45, 2.75) is 44.8 Å². The van der Waals surface area contributed by atoms with Gasteiger partial charge in [0.05, 0.1) is 0 Å².